The number of nitrogens with zero attached hydrogens (tertiary/aromatic N) is 1. The lowest BCUT2D eigenvalue weighted by molar-refractivity contribution is -0.129. The van der Waals surface area contributed by atoms with Crippen LogP contribution < -0.4 is 14.8 Å². The van der Waals surface area contributed by atoms with Crippen LogP contribution in [0.15, 0.2) is 41.0 Å². The second-order valence-electron chi connectivity index (χ2n) is 6.48. The number of methoxy groups -OCH3 is 2. The predicted octanol–water partition coefficient (Wildman–Crippen LogP) is 2.00. The monoisotopic (exact) mass is 372 g/mol. The molecule has 3 rings (SSSR count). The highest BCUT2D eigenvalue weighted by atomic mass is 16.5. The Morgan fingerprint density at radius 1 is 1.26 bits per heavy atom. The van der Waals surface area contributed by atoms with Gasteiger partial charge < -0.3 is 24.1 Å². The average molecular weight is 372 g/mol. The Morgan fingerprint density at radius 2 is 2.07 bits per heavy atom. The van der Waals surface area contributed by atoms with Crippen LogP contribution in [-0.2, 0) is 22.6 Å². The normalized spacial score (nSPS) is 16.4. The van der Waals surface area contributed by atoms with E-state index in [1.807, 2.05) is 18.2 Å². The minimum absolute atomic E-state index is 0.00799. The van der Waals surface area contributed by atoms with Gasteiger partial charge in [0, 0.05) is 19.5 Å². The summed E-state index contributed by atoms with van der Waals surface area (Å²) in [5.74, 6) is 1.60. The van der Waals surface area contributed by atoms with Crippen LogP contribution in [0.5, 0.6) is 11.5 Å². The summed E-state index contributed by atoms with van der Waals surface area (Å²) in [4.78, 5) is 26.3. The largest absolute Gasteiger partial charge is 0.493 e. The molecule has 1 atom stereocenters. The molecule has 2 amide bonds. The number of carbonyl (C=O) groups excluding carboxylic acids is 2. The van der Waals surface area contributed by atoms with Crippen molar-refractivity contribution < 1.29 is 23.5 Å². The molecule has 27 heavy (non-hydrogen) atoms. The highest BCUT2D eigenvalue weighted by Crippen LogP contribution is 2.28. The fourth-order valence-electron chi connectivity index (χ4n) is 3.20. The van der Waals surface area contributed by atoms with Gasteiger partial charge in [-0.05, 0) is 36.2 Å². The molecular weight excluding hydrogens is 348 g/mol. The van der Waals surface area contributed by atoms with Gasteiger partial charge in [-0.1, -0.05) is 6.07 Å². The Labute approximate surface area is 158 Å². The van der Waals surface area contributed by atoms with E-state index in [1.54, 1.807) is 37.5 Å². The Kier molecular flexibility index (Phi) is 6.01. The smallest absolute Gasteiger partial charge is 0.225 e. The highest BCUT2D eigenvalue weighted by Gasteiger charge is 2.33. The lowest BCUT2D eigenvalue weighted by Gasteiger charge is -2.17. The lowest BCUT2D eigenvalue weighted by atomic mass is 10.1. The topological polar surface area (TPSA) is 81.0 Å². The molecule has 0 saturated carbocycles. The summed E-state index contributed by atoms with van der Waals surface area (Å²) in [5, 5.41) is 2.83. The van der Waals surface area contributed by atoms with E-state index in [0.717, 1.165) is 5.56 Å². The molecule has 2 heterocycles. The number of amides is 2. The van der Waals surface area contributed by atoms with E-state index in [-0.39, 0.29) is 24.2 Å². The molecule has 0 spiro atoms. The molecule has 144 valence electrons. The Morgan fingerprint density at radius 3 is 2.78 bits per heavy atom. The van der Waals surface area contributed by atoms with Crippen molar-refractivity contribution in [2.75, 3.05) is 27.3 Å². The van der Waals surface area contributed by atoms with Crippen LogP contribution in [0.25, 0.3) is 0 Å². The molecule has 1 aliphatic rings. The first-order chi connectivity index (χ1) is 13.1. The molecule has 7 nitrogen and oxygen atoms in total. The van der Waals surface area contributed by atoms with E-state index in [2.05, 4.69) is 5.32 Å². The van der Waals surface area contributed by atoms with E-state index in [9.17, 15) is 9.59 Å². The molecule has 1 aromatic carbocycles. The molecule has 2 aromatic rings. The van der Waals surface area contributed by atoms with Crippen molar-refractivity contribution in [2.45, 2.75) is 19.4 Å². The van der Waals surface area contributed by atoms with Gasteiger partial charge in [-0.2, -0.15) is 0 Å². The highest BCUT2D eigenvalue weighted by molar-refractivity contribution is 5.89. The minimum atomic E-state index is -0.321. The van der Waals surface area contributed by atoms with Crippen LogP contribution in [0.3, 0.4) is 0 Å². The van der Waals surface area contributed by atoms with Gasteiger partial charge in [-0.15, -0.1) is 0 Å². The standard InChI is InChI=1S/C20H24N2O5/c1-25-17-6-5-14(10-18(17)26-2)7-8-22-13-15(11-19(22)23)20(24)21-12-16-4-3-9-27-16/h3-6,9-10,15H,7-8,11-13H2,1-2H3,(H,21,24)/t15-/m1/s1. The summed E-state index contributed by atoms with van der Waals surface area (Å²) in [6.07, 6.45) is 2.50. The lowest BCUT2D eigenvalue weighted by Crippen LogP contribution is -2.33. The van der Waals surface area contributed by atoms with Crippen molar-refractivity contribution in [3.8, 4) is 11.5 Å². The zero-order valence-electron chi connectivity index (χ0n) is 15.6. The number of ether oxygens (including phenoxy) is 2. The molecule has 0 radical (unpaired) electrons. The number of hydrogen-bond acceptors (Lipinski definition) is 5. The van der Waals surface area contributed by atoms with Crippen molar-refractivity contribution in [2.24, 2.45) is 5.92 Å². The van der Waals surface area contributed by atoms with Crippen LogP contribution in [0.2, 0.25) is 0 Å². The third-order valence-electron chi connectivity index (χ3n) is 4.72. The third kappa shape index (κ3) is 4.61. The summed E-state index contributed by atoms with van der Waals surface area (Å²) in [6, 6.07) is 9.29. The zero-order valence-corrected chi connectivity index (χ0v) is 15.6. The number of furan rings is 1. The maximum atomic E-state index is 12.3. The fourth-order valence-corrected chi connectivity index (χ4v) is 3.20. The molecule has 0 bridgehead atoms. The van der Waals surface area contributed by atoms with Crippen molar-refractivity contribution in [1.29, 1.82) is 0 Å². The molecule has 1 saturated heterocycles. The Hall–Kier alpha value is -2.96. The first-order valence-electron chi connectivity index (χ1n) is 8.89. The van der Waals surface area contributed by atoms with Gasteiger partial charge in [0.15, 0.2) is 11.5 Å². The third-order valence-corrected chi connectivity index (χ3v) is 4.72. The number of hydrogen-bond donors (Lipinski definition) is 1. The minimum Gasteiger partial charge on any atom is -0.493 e. The SMILES string of the molecule is COc1ccc(CCN2C[C@H](C(=O)NCc3ccco3)CC2=O)cc1OC. The van der Waals surface area contributed by atoms with Crippen LogP contribution in [0, 0.1) is 5.92 Å². The Balaban J connectivity index is 1.51. The summed E-state index contributed by atoms with van der Waals surface area (Å²) in [6.45, 7) is 1.34. The molecular formula is C20H24N2O5. The first-order valence-corrected chi connectivity index (χ1v) is 8.89. The van der Waals surface area contributed by atoms with Gasteiger partial charge in [-0.25, -0.2) is 0 Å². The molecule has 1 fully saturated rings. The summed E-state index contributed by atoms with van der Waals surface area (Å²) in [5.41, 5.74) is 1.05. The average Bonchev–Trinajstić information content (AvgIpc) is 3.33. The number of benzene rings is 1. The van der Waals surface area contributed by atoms with Crippen molar-refractivity contribution in [3.05, 3.63) is 47.9 Å². The van der Waals surface area contributed by atoms with Crippen LogP contribution in [-0.4, -0.2) is 44.0 Å². The molecule has 0 unspecified atom stereocenters. The van der Waals surface area contributed by atoms with Crippen molar-refractivity contribution in [3.63, 3.8) is 0 Å². The van der Waals surface area contributed by atoms with E-state index in [4.69, 9.17) is 13.9 Å². The van der Waals surface area contributed by atoms with Gasteiger partial charge in [0.25, 0.3) is 0 Å². The van der Waals surface area contributed by atoms with Crippen LogP contribution >= 0.6 is 0 Å². The number of rotatable bonds is 8. The van der Waals surface area contributed by atoms with Crippen molar-refractivity contribution >= 4 is 11.8 Å². The predicted molar refractivity (Wildman–Crippen MR) is 98.5 cm³/mol. The molecule has 0 aliphatic carbocycles. The van der Waals surface area contributed by atoms with Gasteiger partial charge in [0.1, 0.15) is 5.76 Å². The quantitative estimate of drug-likeness (QED) is 0.767. The fraction of sp³-hybridized carbons (Fsp3) is 0.400. The second kappa shape index (κ2) is 8.62. The maximum absolute atomic E-state index is 12.3. The number of likely N-dealkylation sites (tertiary alicyclic amines) is 1. The number of carbonyl (C=O) groups is 2. The maximum Gasteiger partial charge on any atom is 0.225 e. The number of nitrogens with one attached hydrogen (secondary N) is 1. The van der Waals surface area contributed by atoms with Crippen molar-refractivity contribution in [1.82, 2.24) is 10.2 Å². The van der Waals surface area contributed by atoms with E-state index in [0.29, 0.717) is 43.3 Å². The molecule has 1 aromatic heterocycles. The van der Waals surface area contributed by atoms with Crippen LogP contribution in [0.1, 0.15) is 17.7 Å². The van der Waals surface area contributed by atoms with Crippen LogP contribution in [0.4, 0.5) is 0 Å². The molecule has 7 heteroatoms. The second-order valence-corrected chi connectivity index (χ2v) is 6.48. The van der Waals surface area contributed by atoms with Gasteiger partial charge in [0.05, 0.1) is 32.9 Å². The van der Waals surface area contributed by atoms with Gasteiger partial charge in [-0.3, -0.25) is 9.59 Å². The van der Waals surface area contributed by atoms with E-state index < -0.39 is 0 Å². The first kappa shape index (κ1) is 18.8. The summed E-state index contributed by atoms with van der Waals surface area (Å²) >= 11 is 0. The Bertz CT molecular complexity index is 788. The summed E-state index contributed by atoms with van der Waals surface area (Å²) in [7, 11) is 3.19. The van der Waals surface area contributed by atoms with Gasteiger partial charge in [0.2, 0.25) is 11.8 Å². The summed E-state index contributed by atoms with van der Waals surface area (Å²) < 4.78 is 15.7. The van der Waals surface area contributed by atoms with E-state index >= 15 is 0 Å². The zero-order chi connectivity index (χ0) is 19.2. The van der Waals surface area contributed by atoms with Gasteiger partial charge >= 0.3 is 0 Å². The van der Waals surface area contributed by atoms with E-state index in [1.165, 1.54) is 0 Å². The molecule has 1 N–H and O–H groups in total. The molecule has 1 aliphatic heterocycles.